The van der Waals surface area contributed by atoms with Crippen LogP contribution >= 0.6 is 46.8 Å². The number of rotatable bonds is 8. The van der Waals surface area contributed by atoms with Gasteiger partial charge in [-0.3, -0.25) is 4.79 Å². The Morgan fingerprint density at radius 3 is 2.09 bits per heavy atom. The van der Waals surface area contributed by atoms with Gasteiger partial charge >= 0.3 is 12.1 Å². The summed E-state index contributed by atoms with van der Waals surface area (Å²) in [5.41, 5.74) is 1.27. The molecule has 1 unspecified atom stereocenters. The lowest BCUT2D eigenvalue weighted by molar-refractivity contribution is -0.146. The first kappa shape index (κ1) is 26.7. The molecular weight excluding hydrogens is 535 g/mol. The van der Waals surface area contributed by atoms with Crippen LogP contribution in [0.25, 0.3) is 0 Å². The molecule has 1 atom stereocenters. The van der Waals surface area contributed by atoms with Crippen molar-refractivity contribution >= 4 is 76.1 Å². The second-order valence-corrected chi connectivity index (χ2v) is 9.45. The van der Waals surface area contributed by atoms with Gasteiger partial charge in [0, 0.05) is 31.2 Å². The first-order valence-corrected chi connectivity index (χ1v) is 12.1. The van der Waals surface area contributed by atoms with Crippen LogP contribution in [0.3, 0.4) is 0 Å². The number of halogens is 3. The molecule has 0 aliphatic rings. The third kappa shape index (κ3) is 7.53. The van der Waals surface area contributed by atoms with E-state index in [4.69, 9.17) is 39.5 Å². The monoisotopic (exact) mass is 552 g/mol. The molecule has 0 spiro atoms. The maximum atomic E-state index is 12.9. The third-order valence-corrected chi connectivity index (χ3v) is 6.27. The zero-order valence-corrected chi connectivity index (χ0v) is 21.3. The van der Waals surface area contributed by atoms with Crippen LogP contribution < -0.4 is 9.62 Å². The Morgan fingerprint density at radius 1 is 0.943 bits per heavy atom. The van der Waals surface area contributed by atoms with Crippen LogP contribution in [0.5, 0.6) is 0 Å². The first-order valence-electron chi connectivity index (χ1n) is 10.2. The fraction of sp³-hybridized carbons (Fsp3) is 0.125. The van der Waals surface area contributed by atoms with Gasteiger partial charge in [0.15, 0.2) is 6.10 Å². The summed E-state index contributed by atoms with van der Waals surface area (Å²) >= 11 is 19.0. The van der Waals surface area contributed by atoms with Gasteiger partial charge in [-0.2, -0.15) is 0 Å². The highest BCUT2D eigenvalue weighted by molar-refractivity contribution is 8.01. The zero-order valence-electron chi connectivity index (χ0n) is 18.2. The topological polar surface area (TPSA) is 95.9 Å². The highest BCUT2D eigenvalue weighted by Gasteiger charge is 2.27. The van der Waals surface area contributed by atoms with Gasteiger partial charge in [-0.05, 0) is 85.1 Å². The van der Waals surface area contributed by atoms with Gasteiger partial charge in [0.05, 0.1) is 5.69 Å². The Morgan fingerprint density at radius 2 is 1.54 bits per heavy atom. The molecule has 0 saturated heterocycles. The van der Waals surface area contributed by atoms with Crippen molar-refractivity contribution in [2.24, 2.45) is 0 Å². The highest BCUT2D eigenvalue weighted by Crippen LogP contribution is 2.34. The van der Waals surface area contributed by atoms with Crippen LogP contribution in [0.4, 0.5) is 16.2 Å². The number of ether oxygens (including phenoxy) is 1. The lowest BCUT2D eigenvalue weighted by Crippen LogP contribution is -2.33. The second-order valence-electron chi connectivity index (χ2n) is 7.12. The number of carboxylic acids is 1. The molecule has 2 N–H and O–H groups in total. The van der Waals surface area contributed by atoms with E-state index in [1.165, 1.54) is 18.2 Å². The van der Waals surface area contributed by atoms with Crippen LogP contribution in [0.2, 0.25) is 15.1 Å². The number of carboxylic acid groups (broad SMARTS) is 1. The predicted octanol–water partition coefficient (Wildman–Crippen LogP) is 7.41. The number of nitrogens with one attached hydrogen (secondary N) is 1. The van der Waals surface area contributed by atoms with Crippen molar-refractivity contribution in [3.05, 3.63) is 87.4 Å². The summed E-state index contributed by atoms with van der Waals surface area (Å²) in [7, 11) is 0. The van der Waals surface area contributed by atoms with Crippen molar-refractivity contribution < 1.29 is 24.2 Å². The lowest BCUT2D eigenvalue weighted by Gasteiger charge is -2.23. The molecule has 35 heavy (non-hydrogen) atoms. The fourth-order valence-corrected chi connectivity index (χ4v) is 4.28. The largest absolute Gasteiger partial charge is 0.479 e. The Balaban J connectivity index is 1.81. The number of amides is 2. The zero-order chi connectivity index (χ0) is 25.5. The normalized spacial score (nSPS) is 11.4. The minimum absolute atomic E-state index is 0.0906. The van der Waals surface area contributed by atoms with Gasteiger partial charge in [0.1, 0.15) is 0 Å². The Kier molecular flexibility index (Phi) is 9.28. The third-order valence-electron chi connectivity index (χ3n) is 4.55. The van der Waals surface area contributed by atoms with Crippen molar-refractivity contribution in [1.82, 2.24) is 0 Å². The average molecular weight is 554 g/mol. The van der Waals surface area contributed by atoms with E-state index in [0.717, 1.165) is 16.3 Å². The molecule has 0 bridgehead atoms. The molecule has 3 aromatic carbocycles. The number of anilines is 2. The number of carbonyl (C=O) groups excluding carboxylic acids is 2. The maximum absolute atomic E-state index is 12.9. The number of hydrogen-bond donors (Lipinski definition) is 2. The number of hydrogen-bond acceptors (Lipinski definition) is 5. The Labute approximate surface area is 221 Å². The summed E-state index contributed by atoms with van der Waals surface area (Å²) in [5, 5.41) is 13.2. The molecule has 7 nitrogen and oxygen atoms in total. The number of aliphatic carboxylic acids is 1. The Bertz CT molecular complexity index is 1200. The quantitative estimate of drug-likeness (QED) is 0.282. The fourth-order valence-electron chi connectivity index (χ4n) is 2.84. The van der Waals surface area contributed by atoms with Crippen LogP contribution in [-0.2, 0) is 9.53 Å². The molecule has 0 aliphatic heterocycles. The first-order chi connectivity index (χ1) is 16.7. The van der Waals surface area contributed by atoms with E-state index in [1.807, 2.05) is 0 Å². The van der Waals surface area contributed by atoms with Crippen molar-refractivity contribution in [3.63, 3.8) is 0 Å². The van der Waals surface area contributed by atoms with E-state index in [1.54, 1.807) is 55.5 Å². The van der Waals surface area contributed by atoms with Gasteiger partial charge in [0.2, 0.25) is 0 Å². The average Bonchev–Trinajstić information content (AvgIpc) is 2.81. The molecule has 0 fully saturated rings. The van der Waals surface area contributed by atoms with Gasteiger partial charge in [0.25, 0.3) is 5.91 Å². The minimum Gasteiger partial charge on any atom is -0.479 e. The SMILES string of the molecule is CCC(OC(=O)N(Sc1ccc(C(=O)Nc2ccc(Cl)cc2)cc1)c1cc(Cl)cc(Cl)c1)C(=O)O. The summed E-state index contributed by atoms with van der Waals surface area (Å²) in [5.74, 6) is -1.58. The minimum atomic E-state index is -1.32. The molecule has 182 valence electrons. The summed E-state index contributed by atoms with van der Waals surface area (Å²) in [6, 6.07) is 17.7. The van der Waals surface area contributed by atoms with Gasteiger partial charge in [-0.25, -0.2) is 13.9 Å². The van der Waals surface area contributed by atoms with Crippen LogP contribution in [-0.4, -0.2) is 29.2 Å². The van der Waals surface area contributed by atoms with Crippen molar-refractivity contribution in [3.8, 4) is 0 Å². The van der Waals surface area contributed by atoms with E-state index in [0.29, 0.717) is 26.9 Å². The van der Waals surface area contributed by atoms with Crippen LogP contribution in [0.15, 0.2) is 71.6 Å². The van der Waals surface area contributed by atoms with Crippen LogP contribution in [0.1, 0.15) is 23.7 Å². The van der Waals surface area contributed by atoms with Crippen molar-refractivity contribution in [1.29, 1.82) is 0 Å². The molecule has 11 heteroatoms. The molecule has 0 saturated carbocycles. The molecule has 2 amide bonds. The molecule has 0 radical (unpaired) electrons. The number of nitrogens with zero attached hydrogens (tertiary/aromatic N) is 1. The lowest BCUT2D eigenvalue weighted by atomic mass is 10.2. The predicted molar refractivity (Wildman–Crippen MR) is 139 cm³/mol. The smallest absolute Gasteiger partial charge is 0.425 e. The van der Waals surface area contributed by atoms with Crippen molar-refractivity contribution in [2.75, 3.05) is 9.62 Å². The second kappa shape index (κ2) is 12.2. The summed E-state index contributed by atoms with van der Waals surface area (Å²) in [4.78, 5) is 37.4. The number of benzene rings is 3. The standard InChI is InChI=1S/C24H19Cl3N2O5S/c1-2-21(23(31)32)34-24(33)29(19-12-16(26)11-17(27)13-19)35-20-9-3-14(4-10-20)22(30)28-18-7-5-15(25)6-8-18/h3-13,21H,2H2,1H3,(H,28,30)(H,31,32). The van der Waals surface area contributed by atoms with Gasteiger partial charge < -0.3 is 15.2 Å². The summed E-state index contributed by atoms with van der Waals surface area (Å²) in [6.07, 6.45) is -2.14. The maximum Gasteiger partial charge on any atom is 0.425 e. The summed E-state index contributed by atoms with van der Waals surface area (Å²) < 4.78 is 6.32. The van der Waals surface area contributed by atoms with E-state index in [2.05, 4.69) is 5.32 Å². The van der Waals surface area contributed by atoms with E-state index in [9.17, 15) is 19.5 Å². The molecule has 0 heterocycles. The van der Waals surface area contributed by atoms with Crippen molar-refractivity contribution in [2.45, 2.75) is 24.3 Å². The van der Waals surface area contributed by atoms with Gasteiger partial charge in [-0.1, -0.05) is 41.7 Å². The molecule has 3 aromatic rings. The van der Waals surface area contributed by atoms with Crippen LogP contribution in [0, 0.1) is 0 Å². The van der Waals surface area contributed by atoms with E-state index >= 15 is 0 Å². The highest BCUT2D eigenvalue weighted by atomic mass is 35.5. The number of carbonyl (C=O) groups is 3. The summed E-state index contributed by atoms with van der Waals surface area (Å²) in [6.45, 7) is 1.59. The molecule has 0 aromatic heterocycles. The molecular formula is C24H19Cl3N2O5S. The van der Waals surface area contributed by atoms with Gasteiger partial charge in [-0.15, -0.1) is 0 Å². The molecule has 3 rings (SSSR count). The van der Waals surface area contributed by atoms with E-state index < -0.39 is 18.2 Å². The molecule has 0 aliphatic carbocycles. The van der Waals surface area contributed by atoms with E-state index in [-0.39, 0.29) is 22.4 Å². The Hall–Kier alpha value is -2.91.